The van der Waals surface area contributed by atoms with Crippen molar-refractivity contribution in [3.8, 4) is 34.5 Å². The van der Waals surface area contributed by atoms with E-state index in [-0.39, 0.29) is 37.0 Å². The number of carbonyl (C=O) groups excluding carboxylic acids is 2. The molecule has 13 nitrogen and oxygen atoms in total. The highest BCUT2D eigenvalue weighted by Crippen LogP contribution is 2.59. The normalized spacial score (nSPS) is 21.4. The van der Waals surface area contributed by atoms with E-state index in [1.165, 1.54) is 6.07 Å². The van der Waals surface area contributed by atoms with Crippen molar-refractivity contribution in [3.05, 3.63) is 166 Å². The summed E-state index contributed by atoms with van der Waals surface area (Å²) in [6.45, 7) is 4.75. The molecule has 0 radical (unpaired) electrons. The van der Waals surface area contributed by atoms with Crippen molar-refractivity contribution < 1.29 is 53.4 Å². The first-order chi connectivity index (χ1) is 29.7. The van der Waals surface area contributed by atoms with Gasteiger partial charge in [-0.25, -0.2) is 14.8 Å². The summed E-state index contributed by atoms with van der Waals surface area (Å²) >= 11 is 0. The predicted molar refractivity (Wildman–Crippen MR) is 233 cm³/mol. The molecule has 6 aliphatic heterocycles. The van der Waals surface area contributed by atoms with Gasteiger partial charge >= 0.3 is 11.9 Å². The van der Waals surface area contributed by atoms with E-state index in [9.17, 15) is 25.0 Å². The molecule has 0 aliphatic carbocycles. The van der Waals surface area contributed by atoms with Crippen molar-refractivity contribution in [2.45, 2.75) is 26.1 Å². The van der Waals surface area contributed by atoms with Crippen molar-refractivity contribution in [1.82, 2.24) is 4.65 Å². The molecule has 2 spiro atoms. The van der Waals surface area contributed by atoms with Gasteiger partial charge in [0.1, 0.15) is 47.6 Å². The number of morpholine rings is 2. The Kier molecular flexibility index (Phi) is 10.2. The zero-order valence-corrected chi connectivity index (χ0v) is 32.7. The molecule has 63 heavy (non-hydrogen) atoms. The number of fused-ring (bicyclic) bond motifs is 12. The van der Waals surface area contributed by atoms with Crippen LogP contribution < -0.4 is 19.0 Å². The molecule has 2 saturated heterocycles. The van der Waals surface area contributed by atoms with Crippen LogP contribution in [0.1, 0.15) is 68.9 Å². The van der Waals surface area contributed by atoms with Gasteiger partial charge in [-0.1, -0.05) is 51.3 Å². The fourth-order valence-corrected chi connectivity index (χ4v) is 9.49. The molecule has 6 aromatic rings. The smallest absolute Gasteiger partial charge is 0.340 e. The Labute approximate surface area is 364 Å². The van der Waals surface area contributed by atoms with Crippen LogP contribution in [0.3, 0.4) is 0 Å². The molecular weight excluding hydrogens is 805 g/mol. The van der Waals surface area contributed by atoms with Gasteiger partial charge in [0.2, 0.25) is 0 Å². The van der Waals surface area contributed by atoms with Crippen LogP contribution >= 0.6 is 0 Å². The van der Waals surface area contributed by atoms with Gasteiger partial charge in [-0.15, -0.1) is 4.65 Å². The lowest BCUT2D eigenvalue weighted by molar-refractivity contribution is -0.133. The topological polar surface area (TPSA) is 153 Å². The Balaban J connectivity index is 0.000000155. The summed E-state index contributed by atoms with van der Waals surface area (Å²) in [6, 6.07) is 35.9. The maximum Gasteiger partial charge on any atom is 0.340 e. The lowest BCUT2D eigenvalue weighted by atomic mass is 9.77. The molecule has 0 saturated carbocycles. The van der Waals surface area contributed by atoms with Crippen LogP contribution in [-0.4, -0.2) is 80.0 Å². The highest BCUT2D eigenvalue weighted by atomic mass is 16.6. The molecule has 3 N–H and O–H groups in total. The molecule has 0 amide bonds. The monoisotopic (exact) mass is 851 g/mol. The number of phenolic OH excluding ortho intramolecular Hbond substituents is 2. The third kappa shape index (κ3) is 6.29. The first kappa shape index (κ1) is 41.5. The molecule has 6 aliphatic rings. The highest BCUT2D eigenvalue weighted by molar-refractivity contribution is 5.98. The lowest BCUT2D eigenvalue weighted by Crippen LogP contribution is -2.53. The Hall–Kier alpha value is -6.90. The first-order valence-electron chi connectivity index (χ1n) is 20.2. The summed E-state index contributed by atoms with van der Waals surface area (Å²) in [5.41, 5.74) is 4.74. The summed E-state index contributed by atoms with van der Waals surface area (Å²) in [6.07, 6.45) is 0. The second-order valence-corrected chi connectivity index (χ2v) is 15.7. The number of phenols is 2. The maximum absolute atomic E-state index is 12.8. The number of anilines is 1. The van der Waals surface area contributed by atoms with Crippen molar-refractivity contribution in [2.75, 3.05) is 57.5 Å². The molecule has 2 unspecified atom stereocenters. The van der Waals surface area contributed by atoms with Gasteiger partial charge in [0.15, 0.2) is 16.9 Å². The lowest BCUT2D eigenvalue weighted by Gasteiger charge is -2.38. The third-order valence-electron chi connectivity index (χ3n) is 12.4. The van der Waals surface area contributed by atoms with Crippen LogP contribution in [-0.2, 0) is 30.1 Å². The van der Waals surface area contributed by atoms with Crippen LogP contribution in [0.25, 0.3) is 0 Å². The minimum absolute atomic E-state index is 0. The number of hydroxylamine groups is 2. The zero-order chi connectivity index (χ0) is 41.5. The van der Waals surface area contributed by atoms with Crippen LogP contribution in [0, 0.1) is 0 Å². The summed E-state index contributed by atoms with van der Waals surface area (Å²) in [5.74, 6) is 1.32. The highest BCUT2D eigenvalue weighted by Gasteiger charge is 2.55. The van der Waals surface area contributed by atoms with Gasteiger partial charge in [-0.3, -0.25) is 0 Å². The number of nitrogens with zero attached hydrogens (tertiary/aromatic N) is 2. The molecule has 6 aromatic carbocycles. The summed E-state index contributed by atoms with van der Waals surface area (Å²) in [5, 5.41) is 31.2. The Morgan fingerprint density at radius 3 is 1.49 bits per heavy atom. The van der Waals surface area contributed by atoms with Gasteiger partial charge < -0.3 is 43.5 Å². The van der Waals surface area contributed by atoms with Gasteiger partial charge in [0.25, 0.3) is 0 Å². The zero-order valence-electron chi connectivity index (χ0n) is 32.7. The minimum Gasteiger partial charge on any atom is -0.508 e. The second kappa shape index (κ2) is 15.5. The van der Waals surface area contributed by atoms with E-state index in [0.717, 1.165) is 35.5 Å². The van der Waals surface area contributed by atoms with E-state index in [2.05, 4.69) is 4.90 Å². The molecular formula is C50H47N2O11+. The molecule has 0 bridgehead atoms. The number of ether oxygens (including phenoxy) is 6. The Morgan fingerprint density at radius 2 is 0.952 bits per heavy atom. The fourth-order valence-electron chi connectivity index (χ4n) is 9.49. The van der Waals surface area contributed by atoms with E-state index < -0.39 is 17.2 Å². The van der Waals surface area contributed by atoms with Gasteiger partial charge in [0.05, 0.1) is 37.6 Å². The maximum atomic E-state index is 12.8. The number of aromatic hydroxyl groups is 2. The number of hydrogen-bond donors (Lipinski definition) is 3. The average molecular weight is 852 g/mol. The van der Waals surface area contributed by atoms with Crippen molar-refractivity contribution in [3.63, 3.8) is 0 Å². The van der Waals surface area contributed by atoms with E-state index in [1.807, 2.05) is 60.7 Å². The minimum atomic E-state index is -1.19. The summed E-state index contributed by atoms with van der Waals surface area (Å²) < 4.78 is 35.2. The fraction of sp³-hybridized carbons (Fsp3) is 0.240. The molecule has 322 valence electrons. The quantitative estimate of drug-likeness (QED) is 0.113. The van der Waals surface area contributed by atoms with Crippen LogP contribution in [0.4, 0.5) is 11.4 Å². The second-order valence-electron chi connectivity index (χ2n) is 15.7. The number of benzene rings is 6. The van der Waals surface area contributed by atoms with Crippen molar-refractivity contribution in [2.24, 2.45) is 0 Å². The molecule has 2 atom stereocenters. The van der Waals surface area contributed by atoms with Crippen LogP contribution in [0.5, 0.6) is 34.5 Å². The number of rotatable bonds is 2. The van der Waals surface area contributed by atoms with E-state index in [0.29, 0.717) is 96.0 Å². The summed E-state index contributed by atoms with van der Waals surface area (Å²) in [7, 11) is 0. The Morgan fingerprint density at radius 1 is 0.508 bits per heavy atom. The SMILES string of the molecule is C.C.O=C1OC2(c3ccc(O)cc3Oc3cc(N4CCOCC4)ccc32)c2ccccc21.O=C1OC2(c3ccc(O)cc3Oc3cc([N+]4(O)CCOCC4)ccc32)c2ccccc21. The molecule has 13 heteroatoms. The summed E-state index contributed by atoms with van der Waals surface area (Å²) in [4.78, 5) is 27.9. The molecule has 6 heterocycles. The molecule has 12 rings (SSSR count). The largest absolute Gasteiger partial charge is 0.508 e. The molecule has 2 fully saturated rings. The van der Waals surface area contributed by atoms with Crippen LogP contribution in [0.2, 0.25) is 0 Å². The van der Waals surface area contributed by atoms with E-state index in [1.54, 1.807) is 54.6 Å². The molecule has 0 aromatic heterocycles. The number of hydrogen-bond acceptors (Lipinski definition) is 12. The van der Waals surface area contributed by atoms with Gasteiger partial charge in [-0.2, -0.15) is 0 Å². The first-order valence-corrected chi connectivity index (χ1v) is 20.2. The van der Waals surface area contributed by atoms with Crippen molar-refractivity contribution >= 4 is 23.3 Å². The third-order valence-corrected chi connectivity index (χ3v) is 12.4. The van der Waals surface area contributed by atoms with Gasteiger partial charge in [0, 0.05) is 82.5 Å². The van der Waals surface area contributed by atoms with Gasteiger partial charge in [-0.05, 0) is 54.6 Å². The number of quaternary nitrogens is 1. The average Bonchev–Trinajstić information content (AvgIpc) is 3.74. The Bertz CT molecular complexity index is 2800. The van der Waals surface area contributed by atoms with Crippen molar-refractivity contribution in [1.29, 1.82) is 0 Å². The predicted octanol–water partition coefficient (Wildman–Crippen LogP) is 8.76. The number of carbonyl (C=O) groups is 2. The standard InChI is InChI=1S/C24H19NO6.C24H19NO5.2CH4/c26-16-6-8-20-22(14-16)30-21-13-15(25(28)9-11-29-12-10-25)5-7-19(21)24(20)18-4-2-1-3-17(18)23(27)31-24;26-16-6-8-20-22(14-16)29-21-13-15(25-9-11-28-12-10-25)5-7-19(21)24(20)18-4-2-1-3-17(18)23(27)30-24;;/h1-8,13-14,28H,9-12H2;1-8,13-14,26H,9-12H2;2*1H4/p+1. The van der Waals surface area contributed by atoms with Crippen LogP contribution in [0.15, 0.2) is 121 Å². The number of esters is 2. The van der Waals surface area contributed by atoms with E-state index in [4.69, 9.17) is 28.4 Å². The van der Waals surface area contributed by atoms with E-state index >= 15 is 0 Å².